The van der Waals surface area contributed by atoms with Gasteiger partial charge in [-0.15, -0.1) is 0 Å². The van der Waals surface area contributed by atoms with Gasteiger partial charge in [-0.2, -0.15) is 0 Å². The van der Waals surface area contributed by atoms with E-state index < -0.39 is 17.5 Å². The van der Waals surface area contributed by atoms with Crippen molar-refractivity contribution in [3.8, 4) is 11.1 Å². The Morgan fingerprint density at radius 1 is 1.05 bits per heavy atom. The molecule has 0 spiro atoms. The fourth-order valence-corrected chi connectivity index (χ4v) is 2.24. The van der Waals surface area contributed by atoms with Crippen molar-refractivity contribution in [3.63, 3.8) is 0 Å². The maximum atomic E-state index is 13.7. The van der Waals surface area contributed by atoms with Crippen LogP contribution in [0.15, 0.2) is 30.3 Å². The Kier molecular flexibility index (Phi) is 4.68. The van der Waals surface area contributed by atoms with E-state index in [9.17, 15) is 13.2 Å². The van der Waals surface area contributed by atoms with Crippen LogP contribution >= 0.6 is 11.6 Å². The molecule has 0 heterocycles. The van der Waals surface area contributed by atoms with E-state index in [0.29, 0.717) is 18.7 Å². The van der Waals surface area contributed by atoms with E-state index in [4.69, 9.17) is 11.6 Å². The molecule has 5 heteroatoms. The highest BCUT2D eigenvalue weighted by Gasteiger charge is 2.16. The van der Waals surface area contributed by atoms with Crippen LogP contribution < -0.4 is 5.32 Å². The summed E-state index contributed by atoms with van der Waals surface area (Å²) >= 11 is 6.07. The quantitative estimate of drug-likeness (QED) is 0.874. The highest BCUT2D eigenvalue weighted by Crippen LogP contribution is 2.33. The van der Waals surface area contributed by atoms with Crippen molar-refractivity contribution < 1.29 is 13.2 Å². The molecular weight excluding hydrogens is 287 g/mol. The van der Waals surface area contributed by atoms with Crippen molar-refractivity contribution in [2.24, 2.45) is 0 Å². The average Bonchev–Trinajstić information content (AvgIpc) is 2.37. The van der Waals surface area contributed by atoms with Gasteiger partial charge in [0.25, 0.3) is 0 Å². The van der Waals surface area contributed by atoms with E-state index >= 15 is 0 Å². The van der Waals surface area contributed by atoms with Crippen molar-refractivity contribution in [1.29, 1.82) is 0 Å². The minimum Gasteiger partial charge on any atom is -0.313 e. The molecule has 0 amide bonds. The molecule has 0 aliphatic carbocycles. The first-order valence-electron chi connectivity index (χ1n) is 6.17. The molecule has 2 aromatic carbocycles. The van der Waals surface area contributed by atoms with Crippen molar-refractivity contribution in [3.05, 3.63) is 58.4 Å². The second-order valence-electron chi connectivity index (χ2n) is 4.34. The van der Waals surface area contributed by atoms with Crippen LogP contribution in [-0.2, 0) is 6.54 Å². The van der Waals surface area contributed by atoms with Crippen LogP contribution in [-0.4, -0.2) is 6.54 Å². The van der Waals surface area contributed by atoms with Crippen LogP contribution in [0.5, 0.6) is 0 Å². The molecule has 0 unspecified atom stereocenters. The van der Waals surface area contributed by atoms with Gasteiger partial charge in [0.1, 0.15) is 17.5 Å². The fourth-order valence-electron chi connectivity index (χ4n) is 1.94. The first kappa shape index (κ1) is 14.9. The molecule has 0 atom stereocenters. The Morgan fingerprint density at radius 2 is 1.70 bits per heavy atom. The van der Waals surface area contributed by atoms with Gasteiger partial charge in [0.15, 0.2) is 0 Å². The number of hydrogen-bond acceptors (Lipinski definition) is 1. The zero-order valence-electron chi connectivity index (χ0n) is 10.8. The Morgan fingerprint density at radius 3 is 2.25 bits per heavy atom. The predicted octanol–water partition coefficient (Wildman–Crippen LogP) is 4.53. The second kappa shape index (κ2) is 6.29. The van der Waals surface area contributed by atoms with Gasteiger partial charge in [0.05, 0.1) is 5.56 Å². The van der Waals surface area contributed by atoms with E-state index in [1.54, 1.807) is 12.1 Å². The minimum atomic E-state index is -0.969. The molecule has 0 fully saturated rings. The lowest BCUT2D eigenvalue weighted by atomic mass is 10.0. The van der Waals surface area contributed by atoms with Gasteiger partial charge in [-0.05, 0) is 18.2 Å². The molecule has 0 radical (unpaired) electrons. The van der Waals surface area contributed by atoms with Crippen molar-refractivity contribution >= 4 is 11.6 Å². The van der Waals surface area contributed by atoms with Gasteiger partial charge in [0, 0.05) is 29.3 Å². The summed E-state index contributed by atoms with van der Waals surface area (Å²) in [5.74, 6) is -2.89. The molecule has 2 rings (SSSR count). The monoisotopic (exact) mass is 299 g/mol. The Balaban J connectivity index is 2.44. The van der Waals surface area contributed by atoms with Crippen LogP contribution in [0.2, 0.25) is 5.02 Å². The van der Waals surface area contributed by atoms with E-state index in [1.807, 2.05) is 6.92 Å². The maximum absolute atomic E-state index is 13.7. The lowest BCUT2D eigenvalue weighted by Gasteiger charge is -2.10. The summed E-state index contributed by atoms with van der Waals surface area (Å²) in [4.78, 5) is 0. The Labute approximate surface area is 120 Å². The van der Waals surface area contributed by atoms with E-state index in [-0.39, 0.29) is 16.1 Å². The largest absolute Gasteiger partial charge is 0.313 e. The molecule has 0 aliphatic heterocycles. The standard InChI is InChI=1S/C15H13ClF3N/c1-2-20-8-9-3-4-11(12(16)5-9)15-13(18)6-10(17)7-14(15)19/h3-7,20H,2,8H2,1H3. The zero-order valence-corrected chi connectivity index (χ0v) is 11.6. The third-order valence-electron chi connectivity index (χ3n) is 2.89. The van der Waals surface area contributed by atoms with Crippen LogP contribution in [0.25, 0.3) is 11.1 Å². The van der Waals surface area contributed by atoms with Crippen LogP contribution in [0.1, 0.15) is 12.5 Å². The summed E-state index contributed by atoms with van der Waals surface area (Å²) in [7, 11) is 0. The summed E-state index contributed by atoms with van der Waals surface area (Å²) in [5.41, 5.74) is 0.803. The zero-order chi connectivity index (χ0) is 14.7. The first-order chi connectivity index (χ1) is 9.52. The summed E-state index contributed by atoms with van der Waals surface area (Å²) < 4.78 is 40.4. The van der Waals surface area contributed by atoms with Crippen LogP contribution in [0, 0.1) is 17.5 Å². The fraction of sp³-hybridized carbons (Fsp3) is 0.200. The molecule has 1 nitrogen and oxygen atoms in total. The van der Waals surface area contributed by atoms with E-state index in [0.717, 1.165) is 12.1 Å². The topological polar surface area (TPSA) is 12.0 Å². The van der Waals surface area contributed by atoms with Crippen molar-refractivity contribution in [2.45, 2.75) is 13.5 Å². The third-order valence-corrected chi connectivity index (χ3v) is 3.20. The number of benzene rings is 2. The van der Waals surface area contributed by atoms with Gasteiger partial charge < -0.3 is 5.32 Å². The van der Waals surface area contributed by atoms with Gasteiger partial charge in [-0.1, -0.05) is 30.7 Å². The number of rotatable bonds is 4. The normalized spacial score (nSPS) is 10.8. The average molecular weight is 300 g/mol. The lowest BCUT2D eigenvalue weighted by Crippen LogP contribution is -2.11. The Hall–Kier alpha value is -1.52. The highest BCUT2D eigenvalue weighted by atomic mass is 35.5. The van der Waals surface area contributed by atoms with Gasteiger partial charge >= 0.3 is 0 Å². The molecule has 0 aliphatic rings. The number of hydrogen-bond donors (Lipinski definition) is 1. The number of halogens is 4. The summed E-state index contributed by atoms with van der Waals surface area (Å²) in [6.45, 7) is 3.39. The SMILES string of the molecule is CCNCc1ccc(-c2c(F)cc(F)cc2F)c(Cl)c1. The first-order valence-corrected chi connectivity index (χ1v) is 6.54. The molecule has 2 aromatic rings. The van der Waals surface area contributed by atoms with Gasteiger partial charge in [-0.3, -0.25) is 0 Å². The highest BCUT2D eigenvalue weighted by molar-refractivity contribution is 6.33. The molecule has 20 heavy (non-hydrogen) atoms. The minimum absolute atomic E-state index is 0.210. The van der Waals surface area contributed by atoms with E-state index in [2.05, 4.69) is 5.32 Å². The Bertz CT molecular complexity index is 606. The summed E-state index contributed by atoms with van der Waals surface area (Å²) in [6.07, 6.45) is 0. The molecule has 1 N–H and O–H groups in total. The third kappa shape index (κ3) is 3.14. The molecule has 106 valence electrons. The summed E-state index contributed by atoms with van der Waals surface area (Å²) in [6, 6.07) is 6.19. The summed E-state index contributed by atoms with van der Waals surface area (Å²) in [5, 5.41) is 3.35. The number of nitrogens with one attached hydrogen (secondary N) is 1. The van der Waals surface area contributed by atoms with Crippen LogP contribution in [0.4, 0.5) is 13.2 Å². The predicted molar refractivity (Wildman–Crippen MR) is 74.1 cm³/mol. The second-order valence-corrected chi connectivity index (χ2v) is 4.75. The van der Waals surface area contributed by atoms with Gasteiger partial charge in [0.2, 0.25) is 0 Å². The van der Waals surface area contributed by atoms with Crippen molar-refractivity contribution in [1.82, 2.24) is 5.32 Å². The van der Waals surface area contributed by atoms with Gasteiger partial charge in [-0.25, -0.2) is 13.2 Å². The van der Waals surface area contributed by atoms with Crippen molar-refractivity contribution in [2.75, 3.05) is 6.54 Å². The molecule has 0 aromatic heterocycles. The lowest BCUT2D eigenvalue weighted by molar-refractivity contribution is 0.548. The molecule has 0 saturated heterocycles. The van der Waals surface area contributed by atoms with Crippen LogP contribution in [0.3, 0.4) is 0 Å². The maximum Gasteiger partial charge on any atom is 0.136 e. The van der Waals surface area contributed by atoms with E-state index in [1.165, 1.54) is 6.07 Å². The smallest absolute Gasteiger partial charge is 0.136 e. The molecular formula is C15H13ClF3N. The molecule has 0 saturated carbocycles. The molecule has 0 bridgehead atoms.